The summed E-state index contributed by atoms with van der Waals surface area (Å²) in [6.07, 6.45) is 4.60. The van der Waals surface area contributed by atoms with Crippen LogP contribution in [0.15, 0.2) is 30.3 Å². The van der Waals surface area contributed by atoms with Crippen LogP contribution in [0.5, 0.6) is 5.75 Å². The van der Waals surface area contributed by atoms with E-state index in [0.29, 0.717) is 5.75 Å². The lowest BCUT2D eigenvalue weighted by molar-refractivity contribution is -0.111. The summed E-state index contributed by atoms with van der Waals surface area (Å²) in [4.78, 5) is 14.7. The van der Waals surface area contributed by atoms with Gasteiger partial charge in [0.05, 0.1) is 5.66 Å². The third-order valence-corrected chi connectivity index (χ3v) is 4.75. The van der Waals surface area contributed by atoms with Crippen LogP contribution in [-0.4, -0.2) is 10.6 Å². The minimum atomic E-state index is -3.66. The van der Waals surface area contributed by atoms with Crippen LogP contribution in [0.2, 0.25) is 0 Å². The van der Waals surface area contributed by atoms with Crippen LogP contribution in [-0.2, 0) is 9.24 Å². The Bertz CT molecular complexity index is 387. The highest BCUT2D eigenvalue weighted by atomic mass is 31.2. The van der Waals surface area contributed by atoms with Gasteiger partial charge in [0.15, 0.2) is 5.75 Å². The molecular weight excluding hydrogens is 239 g/mol. The van der Waals surface area contributed by atoms with Gasteiger partial charge in [-0.2, -0.15) is 0 Å². The first kappa shape index (κ1) is 12.6. The normalized spacial score (nSPS) is 20.8. The lowest BCUT2D eigenvalue weighted by atomic mass is 10.0. The third-order valence-electron chi connectivity index (χ3n) is 3.02. The van der Waals surface area contributed by atoms with Gasteiger partial charge in [0.1, 0.15) is 0 Å². The SMILES string of the molecule is O=P(O)(OOc1ccccc1)C1CCCCC1. The second-order valence-electron chi connectivity index (χ2n) is 4.33. The van der Waals surface area contributed by atoms with Crippen molar-refractivity contribution >= 4 is 7.60 Å². The Hall–Kier alpha value is -0.830. The molecule has 1 unspecified atom stereocenters. The topological polar surface area (TPSA) is 55.8 Å². The molecule has 17 heavy (non-hydrogen) atoms. The van der Waals surface area contributed by atoms with Gasteiger partial charge in [-0.15, -0.1) is 0 Å². The van der Waals surface area contributed by atoms with Crippen LogP contribution in [0.3, 0.4) is 0 Å². The average molecular weight is 256 g/mol. The molecule has 94 valence electrons. The van der Waals surface area contributed by atoms with E-state index in [-0.39, 0.29) is 5.66 Å². The van der Waals surface area contributed by atoms with Crippen molar-refractivity contribution in [1.29, 1.82) is 0 Å². The average Bonchev–Trinajstić information content (AvgIpc) is 2.39. The number of hydrogen-bond acceptors (Lipinski definition) is 3. The summed E-state index contributed by atoms with van der Waals surface area (Å²) >= 11 is 0. The molecule has 0 aliphatic heterocycles. The van der Waals surface area contributed by atoms with Gasteiger partial charge in [-0.05, 0) is 25.0 Å². The van der Waals surface area contributed by atoms with E-state index >= 15 is 0 Å². The van der Waals surface area contributed by atoms with Gasteiger partial charge in [-0.3, -0.25) is 4.57 Å². The van der Waals surface area contributed by atoms with Gasteiger partial charge in [-0.25, -0.2) is 0 Å². The molecule has 0 amide bonds. The van der Waals surface area contributed by atoms with Crippen LogP contribution < -0.4 is 4.89 Å². The third kappa shape index (κ3) is 3.56. The molecule has 0 radical (unpaired) electrons. The Labute approximate surface area is 101 Å². The van der Waals surface area contributed by atoms with E-state index in [1.54, 1.807) is 24.3 Å². The quantitative estimate of drug-likeness (QED) is 0.508. The highest BCUT2D eigenvalue weighted by Gasteiger charge is 2.35. The Kier molecular flexibility index (Phi) is 4.21. The van der Waals surface area contributed by atoms with Crippen molar-refractivity contribution < 1.29 is 19.0 Å². The molecule has 1 aromatic carbocycles. The molecule has 1 aliphatic rings. The van der Waals surface area contributed by atoms with Gasteiger partial charge in [0.25, 0.3) is 0 Å². The van der Waals surface area contributed by atoms with E-state index < -0.39 is 7.60 Å². The van der Waals surface area contributed by atoms with Crippen molar-refractivity contribution in [2.75, 3.05) is 0 Å². The van der Waals surface area contributed by atoms with Crippen LogP contribution in [0, 0.1) is 0 Å². The van der Waals surface area contributed by atoms with Crippen molar-refractivity contribution in [2.24, 2.45) is 0 Å². The minimum Gasteiger partial charge on any atom is -0.329 e. The molecule has 0 aromatic heterocycles. The van der Waals surface area contributed by atoms with Gasteiger partial charge in [-0.1, -0.05) is 42.1 Å². The zero-order chi connectivity index (χ0) is 12.1. The zero-order valence-corrected chi connectivity index (χ0v) is 10.5. The molecule has 1 N–H and O–H groups in total. The molecule has 1 fully saturated rings. The van der Waals surface area contributed by atoms with Gasteiger partial charge >= 0.3 is 7.60 Å². The molecule has 2 rings (SSSR count). The molecule has 1 aromatic rings. The number of benzene rings is 1. The first-order valence-corrected chi connectivity index (χ1v) is 7.57. The highest BCUT2D eigenvalue weighted by molar-refractivity contribution is 7.53. The summed E-state index contributed by atoms with van der Waals surface area (Å²) in [6, 6.07) is 8.76. The molecular formula is C12H17O4P. The van der Waals surface area contributed by atoms with Crippen LogP contribution >= 0.6 is 7.60 Å². The summed E-state index contributed by atoms with van der Waals surface area (Å²) in [6.45, 7) is 0. The second-order valence-corrected chi connectivity index (χ2v) is 6.33. The second kappa shape index (κ2) is 5.67. The van der Waals surface area contributed by atoms with Gasteiger partial charge in [0, 0.05) is 0 Å². The fourth-order valence-corrected chi connectivity index (χ4v) is 3.37. The summed E-state index contributed by atoms with van der Waals surface area (Å²) in [5.41, 5.74) is -0.278. The number of rotatable bonds is 4. The van der Waals surface area contributed by atoms with E-state index in [0.717, 1.165) is 32.1 Å². The largest absolute Gasteiger partial charge is 0.369 e. The molecule has 0 spiro atoms. The predicted molar refractivity (Wildman–Crippen MR) is 64.9 cm³/mol. The fraction of sp³-hybridized carbons (Fsp3) is 0.500. The Morgan fingerprint density at radius 1 is 1.12 bits per heavy atom. The van der Waals surface area contributed by atoms with Crippen molar-refractivity contribution in [3.05, 3.63) is 30.3 Å². The highest BCUT2D eigenvalue weighted by Crippen LogP contribution is 2.52. The monoisotopic (exact) mass is 256 g/mol. The van der Waals surface area contributed by atoms with E-state index in [4.69, 9.17) is 9.56 Å². The lowest BCUT2D eigenvalue weighted by Gasteiger charge is -2.24. The molecule has 5 heteroatoms. The molecule has 0 saturated heterocycles. The maximum Gasteiger partial charge on any atom is 0.369 e. The summed E-state index contributed by atoms with van der Waals surface area (Å²) in [5, 5.41) is 0. The van der Waals surface area contributed by atoms with Crippen LogP contribution in [0.4, 0.5) is 0 Å². The molecule has 0 bridgehead atoms. The lowest BCUT2D eigenvalue weighted by Crippen LogP contribution is -2.15. The smallest absolute Gasteiger partial charge is 0.329 e. The Morgan fingerprint density at radius 2 is 1.76 bits per heavy atom. The molecule has 1 saturated carbocycles. The number of hydrogen-bond donors (Lipinski definition) is 1. The fourth-order valence-electron chi connectivity index (χ4n) is 2.04. The van der Waals surface area contributed by atoms with E-state index in [1.165, 1.54) is 0 Å². The summed E-state index contributed by atoms with van der Waals surface area (Å²) < 4.78 is 16.7. The van der Waals surface area contributed by atoms with Gasteiger partial charge < -0.3 is 9.78 Å². The van der Waals surface area contributed by atoms with Gasteiger partial charge in [0.2, 0.25) is 0 Å². The Balaban J connectivity index is 1.90. The van der Waals surface area contributed by atoms with Crippen molar-refractivity contribution in [2.45, 2.75) is 37.8 Å². The zero-order valence-electron chi connectivity index (χ0n) is 9.62. The van der Waals surface area contributed by atoms with Crippen LogP contribution in [0.1, 0.15) is 32.1 Å². The first-order chi connectivity index (χ1) is 8.18. The summed E-state index contributed by atoms with van der Waals surface area (Å²) in [7, 11) is -3.66. The Morgan fingerprint density at radius 3 is 2.41 bits per heavy atom. The van der Waals surface area contributed by atoms with E-state index in [9.17, 15) is 9.46 Å². The van der Waals surface area contributed by atoms with Crippen molar-refractivity contribution in [1.82, 2.24) is 0 Å². The molecule has 1 aliphatic carbocycles. The van der Waals surface area contributed by atoms with E-state index in [2.05, 4.69) is 0 Å². The van der Waals surface area contributed by atoms with Crippen molar-refractivity contribution in [3.63, 3.8) is 0 Å². The molecule has 1 atom stereocenters. The predicted octanol–water partition coefficient (Wildman–Crippen LogP) is 3.52. The standard InChI is InChI=1S/C12H17O4P/c13-17(14,12-9-5-2-6-10-12)16-15-11-7-3-1-4-8-11/h1,3-4,7-8,12H,2,5-6,9-10H2,(H,13,14). The van der Waals surface area contributed by atoms with Crippen LogP contribution in [0.25, 0.3) is 0 Å². The van der Waals surface area contributed by atoms with Crippen molar-refractivity contribution in [3.8, 4) is 5.75 Å². The minimum absolute atomic E-state index is 0.278. The maximum atomic E-state index is 12.0. The van der Waals surface area contributed by atoms with E-state index in [1.807, 2.05) is 6.07 Å². The molecule has 0 heterocycles. The number of para-hydroxylation sites is 1. The first-order valence-electron chi connectivity index (χ1n) is 5.92. The summed E-state index contributed by atoms with van der Waals surface area (Å²) in [5.74, 6) is 0.442. The molecule has 4 nitrogen and oxygen atoms in total. The maximum absolute atomic E-state index is 12.0.